The number of rotatable bonds is 4. The Morgan fingerprint density at radius 1 is 1.16 bits per heavy atom. The van der Waals surface area contributed by atoms with Gasteiger partial charge in [0.2, 0.25) is 11.8 Å². The van der Waals surface area contributed by atoms with Gasteiger partial charge in [-0.1, -0.05) is 6.07 Å². The van der Waals surface area contributed by atoms with E-state index in [4.69, 9.17) is 0 Å². The van der Waals surface area contributed by atoms with Crippen LogP contribution in [-0.2, 0) is 9.59 Å². The minimum absolute atomic E-state index is 0.0137. The van der Waals surface area contributed by atoms with Crippen molar-refractivity contribution in [3.8, 4) is 0 Å². The number of aromatic nitrogens is 2. The molecule has 1 N–H and O–H groups in total. The van der Waals surface area contributed by atoms with E-state index in [0.717, 1.165) is 12.1 Å². The maximum absolute atomic E-state index is 12.7. The van der Waals surface area contributed by atoms with Gasteiger partial charge in [0.05, 0.1) is 0 Å². The van der Waals surface area contributed by atoms with E-state index in [2.05, 4.69) is 15.3 Å². The second-order valence-corrected chi connectivity index (χ2v) is 7.52. The fourth-order valence-electron chi connectivity index (χ4n) is 3.48. The van der Waals surface area contributed by atoms with Crippen LogP contribution in [0.3, 0.4) is 0 Å². The first-order valence-corrected chi connectivity index (χ1v) is 9.50. The van der Waals surface area contributed by atoms with Gasteiger partial charge in [-0.25, -0.2) is 4.98 Å². The summed E-state index contributed by atoms with van der Waals surface area (Å²) in [6, 6.07) is 5.85. The third kappa shape index (κ3) is 3.56. The molecule has 2 fully saturated rings. The van der Waals surface area contributed by atoms with Crippen molar-refractivity contribution in [1.29, 1.82) is 0 Å². The molecule has 3 heterocycles. The van der Waals surface area contributed by atoms with Crippen molar-refractivity contribution in [2.24, 2.45) is 11.8 Å². The highest BCUT2D eigenvalue weighted by atomic mass is 32.1. The first-order chi connectivity index (χ1) is 12.2. The average Bonchev–Trinajstić information content (AvgIpc) is 3.30. The molecule has 2 aromatic heterocycles. The van der Waals surface area contributed by atoms with Gasteiger partial charge in [0.25, 0.3) is 0 Å². The lowest BCUT2D eigenvalue weighted by Gasteiger charge is -2.31. The maximum Gasteiger partial charge on any atom is 0.229 e. The standard InChI is InChI=1S/C18H20N4O2S/c23-16(21-18-20-7-10-25-18)12-4-8-22(9-5-12)17(24)14-11-13(14)15-3-1-2-6-19-15/h1-3,6-7,10,12-14H,4-5,8-9,11H2,(H,20,21,23)/t13-,14-/m1/s1. The van der Waals surface area contributed by atoms with Gasteiger partial charge in [-0.15, -0.1) is 11.3 Å². The molecule has 0 aromatic carbocycles. The minimum Gasteiger partial charge on any atom is -0.342 e. The van der Waals surface area contributed by atoms with E-state index in [1.165, 1.54) is 11.3 Å². The van der Waals surface area contributed by atoms with Crippen molar-refractivity contribution in [3.63, 3.8) is 0 Å². The largest absolute Gasteiger partial charge is 0.342 e. The summed E-state index contributed by atoms with van der Waals surface area (Å²) >= 11 is 1.42. The highest BCUT2D eigenvalue weighted by molar-refractivity contribution is 7.13. The van der Waals surface area contributed by atoms with Crippen LogP contribution in [0.4, 0.5) is 5.13 Å². The smallest absolute Gasteiger partial charge is 0.229 e. The molecular weight excluding hydrogens is 336 g/mol. The number of carbonyl (C=O) groups excluding carboxylic acids is 2. The summed E-state index contributed by atoms with van der Waals surface area (Å²) in [6.07, 6.45) is 5.77. The summed E-state index contributed by atoms with van der Waals surface area (Å²) in [7, 11) is 0. The van der Waals surface area contributed by atoms with Gasteiger partial charge < -0.3 is 10.2 Å². The number of nitrogens with zero attached hydrogens (tertiary/aromatic N) is 3. The Hall–Kier alpha value is -2.28. The van der Waals surface area contributed by atoms with Crippen LogP contribution in [0, 0.1) is 11.8 Å². The number of thiazole rings is 1. The first-order valence-electron chi connectivity index (χ1n) is 8.62. The number of hydrogen-bond acceptors (Lipinski definition) is 5. The number of amides is 2. The summed E-state index contributed by atoms with van der Waals surface area (Å²) in [5.74, 6) is 0.517. The molecule has 0 bridgehead atoms. The first kappa shape index (κ1) is 16.2. The summed E-state index contributed by atoms with van der Waals surface area (Å²) < 4.78 is 0. The SMILES string of the molecule is O=C(Nc1nccs1)C1CCN(C(=O)[C@@H]2C[C@H]2c2ccccn2)CC1. The Morgan fingerprint density at radius 2 is 2.00 bits per heavy atom. The Kier molecular flexibility index (Phi) is 4.48. The number of carbonyl (C=O) groups is 2. The highest BCUT2D eigenvalue weighted by Gasteiger charge is 2.47. The van der Waals surface area contributed by atoms with Gasteiger partial charge in [0, 0.05) is 54.3 Å². The van der Waals surface area contributed by atoms with Crippen LogP contribution >= 0.6 is 11.3 Å². The lowest BCUT2D eigenvalue weighted by molar-refractivity contribution is -0.135. The van der Waals surface area contributed by atoms with Crippen molar-refractivity contribution in [2.75, 3.05) is 18.4 Å². The van der Waals surface area contributed by atoms with Crippen LogP contribution in [-0.4, -0.2) is 39.8 Å². The Bertz CT molecular complexity index is 742. The van der Waals surface area contributed by atoms with Crippen LogP contribution in [0.1, 0.15) is 30.9 Å². The van der Waals surface area contributed by atoms with Gasteiger partial charge in [0.15, 0.2) is 5.13 Å². The average molecular weight is 356 g/mol. The molecule has 0 unspecified atom stereocenters. The van der Waals surface area contributed by atoms with Gasteiger partial charge in [-0.3, -0.25) is 14.6 Å². The summed E-state index contributed by atoms with van der Waals surface area (Å²) in [6.45, 7) is 1.31. The number of likely N-dealkylation sites (tertiary alicyclic amines) is 1. The van der Waals surface area contributed by atoms with Gasteiger partial charge in [0.1, 0.15) is 0 Å². The van der Waals surface area contributed by atoms with Crippen molar-refractivity contribution < 1.29 is 9.59 Å². The highest BCUT2D eigenvalue weighted by Crippen LogP contribution is 2.47. The van der Waals surface area contributed by atoms with E-state index in [1.54, 1.807) is 12.4 Å². The molecule has 130 valence electrons. The molecule has 0 radical (unpaired) electrons. The quantitative estimate of drug-likeness (QED) is 0.913. The van der Waals surface area contributed by atoms with Gasteiger partial charge in [-0.05, 0) is 31.4 Å². The lowest BCUT2D eigenvalue weighted by atomic mass is 9.95. The summed E-state index contributed by atoms with van der Waals surface area (Å²) in [5.41, 5.74) is 1.01. The fraction of sp³-hybridized carbons (Fsp3) is 0.444. The van der Waals surface area contributed by atoms with E-state index in [-0.39, 0.29) is 29.6 Å². The molecule has 1 saturated carbocycles. The van der Waals surface area contributed by atoms with Gasteiger partial charge in [-0.2, -0.15) is 0 Å². The molecule has 2 aliphatic rings. The monoisotopic (exact) mass is 356 g/mol. The summed E-state index contributed by atoms with van der Waals surface area (Å²) in [4.78, 5) is 35.3. The molecule has 1 aliphatic heterocycles. The molecule has 1 aliphatic carbocycles. The number of nitrogens with one attached hydrogen (secondary N) is 1. The topological polar surface area (TPSA) is 75.2 Å². The van der Waals surface area contributed by atoms with Crippen molar-refractivity contribution in [3.05, 3.63) is 41.7 Å². The molecule has 2 amide bonds. The lowest BCUT2D eigenvalue weighted by Crippen LogP contribution is -2.42. The third-order valence-corrected chi connectivity index (χ3v) is 5.70. The van der Waals surface area contributed by atoms with Crippen LogP contribution in [0.5, 0.6) is 0 Å². The molecule has 1 saturated heterocycles. The predicted octanol–water partition coefficient (Wildman–Crippen LogP) is 2.52. The molecule has 7 heteroatoms. The minimum atomic E-state index is -0.0428. The van der Waals surface area contributed by atoms with Crippen LogP contribution in [0.2, 0.25) is 0 Å². The van der Waals surface area contributed by atoms with Crippen molar-refractivity contribution in [1.82, 2.24) is 14.9 Å². The zero-order chi connectivity index (χ0) is 17.2. The molecule has 4 rings (SSSR count). The van der Waals surface area contributed by atoms with E-state index in [1.807, 2.05) is 28.5 Å². The molecule has 0 spiro atoms. The zero-order valence-corrected chi connectivity index (χ0v) is 14.6. The van der Waals surface area contributed by atoms with Crippen molar-refractivity contribution >= 4 is 28.3 Å². The Balaban J connectivity index is 1.27. The molecule has 2 aromatic rings. The second kappa shape index (κ2) is 6.92. The van der Waals surface area contributed by atoms with Gasteiger partial charge >= 0.3 is 0 Å². The maximum atomic E-state index is 12.7. The third-order valence-electron chi connectivity index (χ3n) is 5.02. The molecular formula is C18H20N4O2S. The Morgan fingerprint density at radius 3 is 2.68 bits per heavy atom. The van der Waals surface area contributed by atoms with Crippen LogP contribution < -0.4 is 5.32 Å². The fourth-order valence-corrected chi connectivity index (χ4v) is 4.01. The number of pyridine rings is 1. The van der Waals surface area contributed by atoms with Crippen LogP contribution in [0.15, 0.2) is 36.0 Å². The molecule has 2 atom stereocenters. The second-order valence-electron chi connectivity index (χ2n) is 6.63. The van der Waals surface area contributed by atoms with Crippen molar-refractivity contribution in [2.45, 2.75) is 25.2 Å². The molecule has 6 nitrogen and oxygen atoms in total. The predicted molar refractivity (Wildman–Crippen MR) is 95.1 cm³/mol. The van der Waals surface area contributed by atoms with E-state index in [0.29, 0.717) is 31.1 Å². The molecule has 25 heavy (non-hydrogen) atoms. The number of anilines is 1. The summed E-state index contributed by atoms with van der Waals surface area (Å²) in [5, 5.41) is 5.33. The normalized spacial score (nSPS) is 23.3. The zero-order valence-electron chi connectivity index (χ0n) is 13.8. The Labute approximate surface area is 150 Å². The number of piperidine rings is 1. The van der Waals surface area contributed by atoms with E-state index in [9.17, 15) is 9.59 Å². The van der Waals surface area contributed by atoms with Crippen LogP contribution in [0.25, 0.3) is 0 Å². The van der Waals surface area contributed by atoms with E-state index < -0.39 is 0 Å². The van der Waals surface area contributed by atoms with E-state index >= 15 is 0 Å². The number of hydrogen-bond donors (Lipinski definition) is 1.